The molecule has 0 saturated heterocycles. The van der Waals surface area contributed by atoms with E-state index < -0.39 is 0 Å². The Labute approximate surface area is 82.8 Å². The standard InChI is InChI=1S/C9H16Se2/c1-4-7-9(11-6-3)8-10-5-2/h4,8H,1,5-7H2,2-3H3/b9-8-. The van der Waals surface area contributed by atoms with Crippen LogP contribution in [0.3, 0.4) is 0 Å². The van der Waals surface area contributed by atoms with E-state index in [1.807, 2.05) is 6.08 Å². The zero-order valence-electron chi connectivity index (χ0n) is 7.30. The topological polar surface area (TPSA) is 0 Å². The Bertz CT molecular complexity index is 128. The van der Waals surface area contributed by atoms with Gasteiger partial charge in [-0.25, -0.2) is 0 Å². The van der Waals surface area contributed by atoms with Crippen LogP contribution in [0.4, 0.5) is 0 Å². The van der Waals surface area contributed by atoms with Crippen LogP contribution in [0.5, 0.6) is 0 Å². The fraction of sp³-hybridized carbons (Fsp3) is 0.556. The summed E-state index contributed by atoms with van der Waals surface area (Å²) in [5.74, 6) is 0. The molecule has 0 nitrogen and oxygen atoms in total. The van der Waals surface area contributed by atoms with Gasteiger partial charge in [0.15, 0.2) is 0 Å². The Hall–Kier alpha value is 0.519. The van der Waals surface area contributed by atoms with Crippen molar-refractivity contribution in [1.82, 2.24) is 0 Å². The van der Waals surface area contributed by atoms with Crippen LogP contribution in [-0.4, -0.2) is 29.9 Å². The first kappa shape index (κ1) is 11.5. The van der Waals surface area contributed by atoms with Gasteiger partial charge in [-0.15, -0.1) is 0 Å². The Morgan fingerprint density at radius 3 is 2.55 bits per heavy atom. The van der Waals surface area contributed by atoms with Gasteiger partial charge in [0.2, 0.25) is 0 Å². The summed E-state index contributed by atoms with van der Waals surface area (Å²) in [7, 11) is 0. The van der Waals surface area contributed by atoms with Gasteiger partial charge in [0.05, 0.1) is 0 Å². The summed E-state index contributed by atoms with van der Waals surface area (Å²) in [6.45, 7) is 8.28. The van der Waals surface area contributed by atoms with Crippen LogP contribution in [-0.2, 0) is 0 Å². The molecule has 0 N–H and O–H groups in total. The summed E-state index contributed by atoms with van der Waals surface area (Å²) >= 11 is 1.49. The van der Waals surface area contributed by atoms with Crippen LogP contribution in [0, 0.1) is 0 Å². The second-order valence-electron chi connectivity index (χ2n) is 1.97. The van der Waals surface area contributed by atoms with E-state index in [-0.39, 0.29) is 0 Å². The summed E-state index contributed by atoms with van der Waals surface area (Å²) in [6, 6.07) is 0. The quantitative estimate of drug-likeness (QED) is 0.519. The molecular formula is C9H16Se2. The van der Waals surface area contributed by atoms with Crippen molar-refractivity contribution >= 4 is 29.9 Å². The minimum atomic E-state index is 0.741. The van der Waals surface area contributed by atoms with E-state index in [1.165, 1.54) is 10.6 Å². The van der Waals surface area contributed by atoms with Crippen molar-refractivity contribution in [2.24, 2.45) is 0 Å². The molecule has 0 atom stereocenters. The summed E-state index contributed by atoms with van der Waals surface area (Å²) in [4.78, 5) is 2.46. The number of hydrogen-bond acceptors (Lipinski definition) is 0. The van der Waals surface area contributed by atoms with Gasteiger partial charge in [-0.1, -0.05) is 0 Å². The predicted molar refractivity (Wildman–Crippen MR) is 55.4 cm³/mol. The zero-order chi connectivity index (χ0) is 8.53. The molecule has 0 aromatic rings. The van der Waals surface area contributed by atoms with Gasteiger partial charge < -0.3 is 0 Å². The molecule has 0 aliphatic rings. The number of allylic oxidation sites excluding steroid dienone is 2. The molecule has 0 heterocycles. The van der Waals surface area contributed by atoms with Crippen molar-refractivity contribution in [2.45, 2.75) is 30.9 Å². The van der Waals surface area contributed by atoms with E-state index in [9.17, 15) is 0 Å². The Kier molecular flexibility index (Phi) is 9.02. The molecule has 2 heteroatoms. The van der Waals surface area contributed by atoms with Crippen LogP contribution in [0.2, 0.25) is 10.6 Å². The molecule has 11 heavy (non-hydrogen) atoms. The van der Waals surface area contributed by atoms with Crippen molar-refractivity contribution in [3.8, 4) is 0 Å². The molecule has 0 fully saturated rings. The molecule has 0 aromatic heterocycles. The molecule has 0 rings (SSSR count). The number of hydrogen-bond donors (Lipinski definition) is 0. The molecule has 0 unspecified atom stereocenters. The fourth-order valence-corrected chi connectivity index (χ4v) is 4.49. The van der Waals surface area contributed by atoms with Gasteiger partial charge in [-0.05, 0) is 0 Å². The first-order valence-electron chi connectivity index (χ1n) is 3.89. The SMILES string of the molecule is C=CC/C(=C/[Se]CC)[Se]CC. The molecule has 0 saturated carbocycles. The van der Waals surface area contributed by atoms with Gasteiger partial charge in [0.25, 0.3) is 0 Å². The average Bonchev–Trinajstić information content (AvgIpc) is 2.01. The van der Waals surface area contributed by atoms with Gasteiger partial charge in [0, 0.05) is 0 Å². The second kappa shape index (κ2) is 8.61. The summed E-state index contributed by atoms with van der Waals surface area (Å²) in [5, 5.41) is 2.65. The van der Waals surface area contributed by atoms with E-state index in [4.69, 9.17) is 0 Å². The van der Waals surface area contributed by atoms with Crippen LogP contribution in [0.15, 0.2) is 22.1 Å². The van der Waals surface area contributed by atoms with Crippen molar-refractivity contribution in [2.75, 3.05) is 0 Å². The maximum atomic E-state index is 3.77. The van der Waals surface area contributed by atoms with Gasteiger partial charge >= 0.3 is 82.9 Å². The van der Waals surface area contributed by atoms with Crippen molar-refractivity contribution in [3.63, 3.8) is 0 Å². The third-order valence-electron chi connectivity index (χ3n) is 1.06. The van der Waals surface area contributed by atoms with E-state index in [2.05, 4.69) is 25.4 Å². The monoisotopic (exact) mass is 284 g/mol. The Balaban J connectivity index is 3.74. The van der Waals surface area contributed by atoms with Crippen LogP contribution in [0.1, 0.15) is 20.3 Å². The Morgan fingerprint density at radius 2 is 2.09 bits per heavy atom. The Morgan fingerprint density at radius 1 is 1.36 bits per heavy atom. The molecule has 0 amide bonds. The predicted octanol–water partition coefficient (Wildman–Crippen LogP) is 2.69. The molecule has 0 spiro atoms. The molecule has 0 aliphatic carbocycles. The minimum absolute atomic E-state index is 0.741. The summed E-state index contributed by atoms with van der Waals surface area (Å²) in [5.41, 5.74) is 0. The third-order valence-corrected chi connectivity index (χ3v) is 5.44. The summed E-state index contributed by atoms with van der Waals surface area (Å²) < 4.78 is 1.65. The van der Waals surface area contributed by atoms with Gasteiger partial charge in [0.1, 0.15) is 0 Å². The normalized spacial score (nSPS) is 11.6. The second-order valence-corrected chi connectivity index (χ2v) is 7.29. The van der Waals surface area contributed by atoms with Gasteiger partial charge in [-0.2, -0.15) is 0 Å². The van der Waals surface area contributed by atoms with E-state index in [0.29, 0.717) is 0 Å². The van der Waals surface area contributed by atoms with E-state index in [0.717, 1.165) is 36.3 Å². The molecule has 0 aromatic carbocycles. The zero-order valence-corrected chi connectivity index (χ0v) is 10.7. The van der Waals surface area contributed by atoms with Crippen LogP contribution in [0.25, 0.3) is 0 Å². The van der Waals surface area contributed by atoms with Gasteiger partial charge in [-0.3, -0.25) is 0 Å². The fourth-order valence-electron chi connectivity index (χ4n) is 0.645. The van der Waals surface area contributed by atoms with Crippen molar-refractivity contribution < 1.29 is 0 Å². The average molecular weight is 282 g/mol. The maximum absolute atomic E-state index is 3.77. The molecule has 0 aliphatic heterocycles. The van der Waals surface area contributed by atoms with E-state index in [1.54, 1.807) is 4.47 Å². The molecular weight excluding hydrogens is 266 g/mol. The van der Waals surface area contributed by atoms with Crippen LogP contribution >= 0.6 is 0 Å². The van der Waals surface area contributed by atoms with Crippen molar-refractivity contribution in [3.05, 3.63) is 22.1 Å². The molecule has 64 valence electrons. The molecule has 0 radical (unpaired) electrons. The first-order valence-corrected chi connectivity index (χ1v) is 8.16. The molecule has 0 bridgehead atoms. The summed E-state index contributed by atoms with van der Waals surface area (Å²) in [6.07, 6.45) is 3.14. The third kappa shape index (κ3) is 6.90. The van der Waals surface area contributed by atoms with Crippen LogP contribution < -0.4 is 0 Å². The number of rotatable bonds is 6. The van der Waals surface area contributed by atoms with Crippen molar-refractivity contribution in [1.29, 1.82) is 0 Å². The van der Waals surface area contributed by atoms with E-state index >= 15 is 0 Å². The first-order chi connectivity index (χ1) is 5.35.